The zero-order valence-corrected chi connectivity index (χ0v) is 21.4. The molecule has 1 N–H and O–H groups in total. The van der Waals surface area contributed by atoms with Gasteiger partial charge in [-0.25, -0.2) is 13.2 Å². The highest BCUT2D eigenvalue weighted by Gasteiger charge is 2.49. The molecule has 7 rings (SSSR count). The second kappa shape index (κ2) is 9.17. The summed E-state index contributed by atoms with van der Waals surface area (Å²) in [5, 5.41) is 3.59. The van der Waals surface area contributed by atoms with E-state index in [1.54, 1.807) is 0 Å². The first-order valence-electron chi connectivity index (χ1n) is 13.0. The Hall–Kier alpha value is -3.30. The van der Waals surface area contributed by atoms with Crippen LogP contribution in [0.2, 0.25) is 0 Å². The molecule has 2 aliphatic heterocycles. The second-order valence-electron chi connectivity index (χ2n) is 10.8. The fraction of sp³-hybridized carbons (Fsp3) is 0.414. The van der Waals surface area contributed by atoms with Crippen molar-refractivity contribution in [3.8, 4) is 0 Å². The summed E-state index contributed by atoms with van der Waals surface area (Å²) in [6.45, 7) is 2.59. The lowest BCUT2D eigenvalue weighted by Crippen LogP contribution is -2.61. The number of nitrogens with zero attached hydrogens (tertiary/aromatic N) is 3. The Morgan fingerprint density at radius 1 is 1.05 bits per heavy atom. The summed E-state index contributed by atoms with van der Waals surface area (Å²) in [5.41, 5.74) is 2.05. The van der Waals surface area contributed by atoms with E-state index in [4.69, 9.17) is 4.74 Å². The smallest absolute Gasteiger partial charge is 0.255 e. The van der Waals surface area contributed by atoms with Gasteiger partial charge in [0, 0.05) is 41.3 Å². The molecule has 3 fully saturated rings. The Balaban J connectivity index is 1.16. The van der Waals surface area contributed by atoms with Gasteiger partial charge in [-0.05, 0) is 75.8 Å². The van der Waals surface area contributed by atoms with Crippen LogP contribution in [0.25, 0.3) is 21.9 Å². The van der Waals surface area contributed by atoms with Crippen LogP contribution >= 0.6 is 0 Å². The number of benzene rings is 1. The van der Waals surface area contributed by atoms with Crippen molar-refractivity contribution >= 4 is 21.9 Å². The zero-order chi connectivity index (χ0) is 26.7. The highest BCUT2D eigenvalue weighted by atomic mass is 19.1. The molecule has 0 amide bonds. The summed E-state index contributed by atoms with van der Waals surface area (Å²) < 4.78 is 51.0. The van der Waals surface area contributed by atoms with Crippen LogP contribution in [-0.4, -0.2) is 32.3 Å². The van der Waals surface area contributed by atoms with E-state index in [0.717, 1.165) is 43.5 Å². The van der Waals surface area contributed by atoms with Crippen LogP contribution in [0.15, 0.2) is 41.3 Å². The van der Waals surface area contributed by atoms with E-state index in [-0.39, 0.29) is 40.0 Å². The zero-order valence-electron chi connectivity index (χ0n) is 21.4. The minimum atomic E-state index is -0.631. The number of aryl methyl sites for hydroxylation is 3. The number of halogens is 3. The van der Waals surface area contributed by atoms with Gasteiger partial charge in [0.25, 0.3) is 5.56 Å². The van der Waals surface area contributed by atoms with E-state index in [0.29, 0.717) is 41.6 Å². The lowest BCUT2D eigenvalue weighted by molar-refractivity contribution is -0.165. The first kappa shape index (κ1) is 25.0. The van der Waals surface area contributed by atoms with Gasteiger partial charge in [0.2, 0.25) is 0 Å². The second-order valence-corrected chi connectivity index (χ2v) is 10.8. The first-order chi connectivity index (χ1) is 18.2. The quantitative estimate of drug-likeness (QED) is 0.386. The molecule has 1 aromatic carbocycles. The third-order valence-corrected chi connectivity index (χ3v) is 8.51. The van der Waals surface area contributed by atoms with Gasteiger partial charge in [-0.15, -0.1) is 0 Å². The highest BCUT2D eigenvalue weighted by molar-refractivity contribution is 5.81. The van der Waals surface area contributed by atoms with Crippen molar-refractivity contribution in [1.29, 1.82) is 0 Å². The summed E-state index contributed by atoms with van der Waals surface area (Å²) in [4.78, 5) is 21.6. The summed E-state index contributed by atoms with van der Waals surface area (Å²) >= 11 is 0. The maximum absolute atomic E-state index is 14.7. The number of nitrogens with one attached hydrogen (secondary N) is 1. The van der Waals surface area contributed by atoms with Gasteiger partial charge >= 0.3 is 0 Å². The summed E-state index contributed by atoms with van der Waals surface area (Å²) in [5.74, 6) is -1.54. The van der Waals surface area contributed by atoms with Gasteiger partial charge in [0.05, 0.1) is 35.0 Å². The number of aromatic nitrogens is 3. The third-order valence-electron chi connectivity index (χ3n) is 8.51. The molecular formula is C29H29F3N4O2. The molecule has 2 saturated heterocycles. The minimum Gasteiger partial charge on any atom is -0.373 e. The summed E-state index contributed by atoms with van der Waals surface area (Å²) in [6, 6.07) is 7.29. The number of ether oxygens (including phenoxy) is 1. The van der Waals surface area contributed by atoms with Gasteiger partial charge in [-0.2, -0.15) is 0 Å². The van der Waals surface area contributed by atoms with E-state index in [9.17, 15) is 18.0 Å². The van der Waals surface area contributed by atoms with Gasteiger partial charge < -0.3 is 14.6 Å². The normalized spacial score (nSPS) is 23.0. The molecule has 1 saturated carbocycles. The van der Waals surface area contributed by atoms with Crippen molar-refractivity contribution in [1.82, 2.24) is 19.9 Å². The topological polar surface area (TPSA) is 69.0 Å². The Labute approximate surface area is 217 Å². The largest absolute Gasteiger partial charge is 0.373 e. The third kappa shape index (κ3) is 4.18. The van der Waals surface area contributed by atoms with Crippen LogP contribution in [0.5, 0.6) is 0 Å². The van der Waals surface area contributed by atoms with E-state index in [2.05, 4.69) is 15.3 Å². The molecule has 0 radical (unpaired) electrons. The number of pyridine rings is 3. The molecule has 3 aromatic heterocycles. The molecule has 198 valence electrons. The van der Waals surface area contributed by atoms with Crippen LogP contribution in [0.4, 0.5) is 13.2 Å². The van der Waals surface area contributed by atoms with Crippen LogP contribution in [-0.2, 0) is 24.8 Å². The fourth-order valence-electron chi connectivity index (χ4n) is 6.09. The van der Waals surface area contributed by atoms with E-state index >= 15 is 0 Å². The SMILES string of the molecule is Cc1ccc2ncc(F)c(CCC34CCC(NCc5cc6c(F)ccc(F)c6n(C)c5=O)(CC3)CO4)c2n1. The molecular weight excluding hydrogens is 493 g/mol. The Bertz CT molecular complexity index is 1600. The van der Waals surface area contributed by atoms with Crippen molar-refractivity contribution in [3.63, 3.8) is 0 Å². The monoisotopic (exact) mass is 522 g/mol. The molecule has 0 unspecified atom stereocenters. The minimum absolute atomic E-state index is 0.0378. The number of hydrogen-bond acceptors (Lipinski definition) is 5. The molecule has 1 aliphatic carbocycles. The van der Waals surface area contributed by atoms with Gasteiger partial charge in [0.15, 0.2) is 0 Å². The molecule has 38 heavy (non-hydrogen) atoms. The average Bonchev–Trinajstić information content (AvgIpc) is 2.92. The van der Waals surface area contributed by atoms with Crippen LogP contribution in [0.1, 0.15) is 48.9 Å². The molecule has 0 atom stereocenters. The standard InChI is InChI=1S/C29H29F3N4O2/c1-17-3-6-24-25(35-17)19(23(32)15-33-24)7-8-29-11-9-28(10-12-29,16-38-29)34-14-18-13-20-21(30)4-5-22(31)26(20)36(2)27(18)37/h3-6,13,15,34H,7-12,14,16H2,1-2H3. The van der Waals surface area contributed by atoms with Crippen LogP contribution in [0, 0.1) is 24.4 Å². The maximum atomic E-state index is 14.7. The predicted molar refractivity (Wildman–Crippen MR) is 138 cm³/mol. The molecule has 9 heteroatoms. The number of hydrogen-bond donors (Lipinski definition) is 1. The maximum Gasteiger partial charge on any atom is 0.255 e. The van der Waals surface area contributed by atoms with Crippen molar-refractivity contribution < 1.29 is 17.9 Å². The van der Waals surface area contributed by atoms with E-state index < -0.39 is 11.6 Å². The predicted octanol–water partition coefficient (Wildman–Crippen LogP) is 5.01. The molecule has 6 nitrogen and oxygen atoms in total. The molecule has 5 heterocycles. The van der Waals surface area contributed by atoms with Crippen molar-refractivity contribution in [3.05, 3.63) is 81.2 Å². The molecule has 0 spiro atoms. The summed E-state index contributed by atoms with van der Waals surface area (Å²) in [6.07, 6.45) is 5.78. The van der Waals surface area contributed by atoms with Gasteiger partial charge in [-0.1, -0.05) is 0 Å². The van der Waals surface area contributed by atoms with Gasteiger partial charge in [0.1, 0.15) is 17.5 Å². The first-order valence-corrected chi connectivity index (χ1v) is 13.0. The molecule has 3 aliphatic rings. The summed E-state index contributed by atoms with van der Waals surface area (Å²) in [7, 11) is 1.46. The van der Waals surface area contributed by atoms with Crippen molar-refractivity contribution in [2.45, 2.75) is 63.1 Å². The lowest BCUT2D eigenvalue weighted by Gasteiger charge is -2.53. The molecule has 4 aromatic rings. The Morgan fingerprint density at radius 2 is 1.82 bits per heavy atom. The fourth-order valence-corrected chi connectivity index (χ4v) is 6.09. The van der Waals surface area contributed by atoms with Crippen LogP contribution < -0.4 is 10.9 Å². The Morgan fingerprint density at radius 3 is 2.55 bits per heavy atom. The van der Waals surface area contributed by atoms with E-state index in [1.807, 2.05) is 19.1 Å². The van der Waals surface area contributed by atoms with E-state index in [1.165, 1.54) is 23.9 Å². The van der Waals surface area contributed by atoms with Gasteiger partial charge in [-0.3, -0.25) is 14.8 Å². The number of fused-ring (bicyclic) bond motifs is 5. The van der Waals surface area contributed by atoms with Crippen LogP contribution in [0.3, 0.4) is 0 Å². The van der Waals surface area contributed by atoms with Crippen molar-refractivity contribution in [2.75, 3.05) is 6.61 Å². The van der Waals surface area contributed by atoms with Crippen molar-refractivity contribution in [2.24, 2.45) is 7.05 Å². The molecule has 2 bridgehead atoms. The average molecular weight is 523 g/mol. The lowest BCUT2D eigenvalue weighted by atomic mass is 9.69. The number of rotatable bonds is 6. The highest BCUT2D eigenvalue weighted by Crippen LogP contribution is 2.46. The Kier molecular flexibility index (Phi) is 6.03.